The maximum absolute atomic E-state index is 12.7. The summed E-state index contributed by atoms with van der Waals surface area (Å²) in [6, 6.07) is 7.11. The van der Waals surface area contributed by atoms with Crippen molar-refractivity contribution in [2.45, 2.75) is 28.5 Å². The van der Waals surface area contributed by atoms with Crippen LogP contribution in [-0.2, 0) is 14.6 Å². The minimum absolute atomic E-state index is 0.162. The fraction of sp³-hybridized carbons (Fsp3) is 0.176. The summed E-state index contributed by atoms with van der Waals surface area (Å²) in [5.74, 6) is -1.79. The van der Waals surface area contributed by atoms with Crippen LogP contribution in [0.2, 0.25) is 5.02 Å². The fourth-order valence-electron chi connectivity index (χ4n) is 2.13. The molecule has 0 bridgehead atoms. The van der Waals surface area contributed by atoms with E-state index >= 15 is 0 Å². The first-order chi connectivity index (χ1) is 13.7. The molecule has 3 amide bonds. The van der Waals surface area contributed by atoms with E-state index < -0.39 is 33.6 Å². The molecule has 0 aromatic heterocycles. The van der Waals surface area contributed by atoms with E-state index in [2.05, 4.69) is 5.32 Å². The van der Waals surface area contributed by atoms with Crippen molar-refractivity contribution in [3.63, 3.8) is 0 Å². The summed E-state index contributed by atoms with van der Waals surface area (Å²) in [4.78, 5) is 22.1. The van der Waals surface area contributed by atoms with Crippen molar-refractivity contribution < 1.29 is 36.3 Å². The van der Waals surface area contributed by atoms with Gasteiger partial charge in [-0.3, -0.25) is 4.79 Å². The molecule has 13 heteroatoms. The molecule has 0 aliphatic rings. The molecule has 1 unspecified atom stereocenters. The molecule has 0 saturated carbocycles. The number of rotatable bonds is 5. The van der Waals surface area contributed by atoms with Crippen molar-refractivity contribution >= 4 is 44.8 Å². The van der Waals surface area contributed by atoms with Gasteiger partial charge in [0.15, 0.2) is 0 Å². The van der Waals surface area contributed by atoms with Gasteiger partial charge in [0, 0.05) is 5.69 Å². The number of aliphatic hydroxyl groups is 1. The van der Waals surface area contributed by atoms with Gasteiger partial charge in [-0.1, -0.05) is 11.6 Å². The Bertz CT molecular complexity index is 1090. The molecule has 2 aromatic carbocycles. The van der Waals surface area contributed by atoms with Crippen molar-refractivity contribution in [1.29, 1.82) is 0 Å². The third-order valence-electron chi connectivity index (χ3n) is 3.93. The fourth-order valence-corrected chi connectivity index (χ4v) is 3.71. The van der Waals surface area contributed by atoms with Gasteiger partial charge in [-0.2, -0.15) is 13.2 Å². The van der Waals surface area contributed by atoms with Gasteiger partial charge in [0.2, 0.25) is 15.4 Å². The molecule has 0 aliphatic carbocycles. The lowest BCUT2D eigenvalue weighted by molar-refractivity contribution is -0.242. The van der Waals surface area contributed by atoms with Gasteiger partial charge >= 0.3 is 12.2 Å². The lowest BCUT2D eigenvalue weighted by Crippen LogP contribution is -2.52. The number of sulfone groups is 1. The van der Waals surface area contributed by atoms with Gasteiger partial charge in [0.25, 0.3) is 5.91 Å². The first-order valence-electron chi connectivity index (χ1n) is 7.98. The summed E-state index contributed by atoms with van der Waals surface area (Å²) in [5, 5.41) is 13.1. The topological polar surface area (TPSA) is 139 Å². The van der Waals surface area contributed by atoms with Gasteiger partial charge in [0.1, 0.15) is 0 Å². The van der Waals surface area contributed by atoms with E-state index in [4.69, 9.17) is 17.3 Å². The van der Waals surface area contributed by atoms with Crippen molar-refractivity contribution in [2.24, 2.45) is 5.73 Å². The molecule has 1 atom stereocenters. The quantitative estimate of drug-likeness (QED) is 0.537. The van der Waals surface area contributed by atoms with Crippen molar-refractivity contribution in [3.8, 4) is 0 Å². The summed E-state index contributed by atoms with van der Waals surface area (Å²) in [6.45, 7) is 0.270. The first-order valence-corrected chi connectivity index (χ1v) is 9.84. The maximum Gasteiger partial charge on any atom is 0.426 e. The van der Waals surface area contributed by atoms with Gasteiger partial charge in [-0.25, -0.2) is 13.2 Å². The Kier molecular flexibility index (Phi) is 6.35. The van der Waals surface area contributed by atoms with E-state index in [1.54, 1.807) is 0 Å². The van der Waals surface area contributed by atoms with E-state index in [9.17, 15) is 36.3 Å². The van der Waals surface area contributed by atoms with Crippen LogP contribution in [0.3, 0.4) is 0 Å². The second-order valence-corrected chi connectivity index (χ2v) is 8.54. The monoisotopic (exact) mass is 465 g/mol. The van der Waals surface area contributed by atoms with Crippen LogP contribution in [0.15, 0.2) is 52.3 Å². The number of anilines is 2. The van der Waals surface area contributed by atoms with Gasteiger partial charge < -0.3 is 21.5 Å². The van der Waals surface area contributed by atoms with Crippen LogP contribution in [0.4, 0.5) is 29.3 Å². The zero-order valence-electron chi connectivity index (χ0n) is 15.1. The Morgan fingerprint density at radius 1 is 1.03 bits per heavy atom. The summed E-state index contributed by atoms with van der Waals surface area (Å²) in [5.41, 5.74) is 1.22. The second-order valence-electron chi connectivity index (χ2n) is 6.18. The number of primary amides is 1. The Morgan fingerprint density at radius 3 is 2.03 bits per heavy atom. The predicted molar refractivity (Wildman–Crippen MR) is 102 cm³/mol. The number of alkyl halides is 3. The highest BCUT2D eigenvalue weighted by atomic mass is 35.5. The lowest BCUT2D eigenvalue weighted by Gasteiger charge is -2.25. The summed E-state index contributed by atoms with van der Waals surface area (Å²) in [6.07, 6.45) is -5.23. The molecule has 5 N–H and O–H groups in total. The lowest BCUT2D eigenvalue weighted by atomic mass is 10.1. The average molecular weight is 466 g/mol. The molecule has 0 aliphatic heterocycles. The first kappa shape index (κ1) is 23.4. The maximum atomic E-state index is 12.7. The molecule has 2 aromatic rings. The SMILES string of the molecule is CC(O)(C(=O)Nc1ccc(S(=O)(=O)c2ccc(NC(N)=O)cc2)cc1Cl)C(F)(F)F. The molecular weight excluding hydrogens is 451 g/mol. The summed E-state index contributed by atoms with van der Waals surface area (Å²) < 4.78 is 63.6. The minimum Gasteiger partial charge on any atom is -0.373 e. The normalized spacial score (nSPS) is 13.9. The Morgan fingerprint density at radius 2 is 1.57 bits per heavy atom. The van der Waals surface area contributed by atoms with Crippen molar-refractivity contribution in [3.05, 3.63) is 47.5 Å². The highest BCUT2D eigenvalue weighted by molar-refractivity contribution is 7.91. The molecule has 162 valence electrons. The number of amides is 3. The zero-order valence-corrected chi connectivity index (χ0v) is 16.7. The Labute approximate surface area is 173 Å². The number of nitrogens with two attached hydrogens (primary N) is 1. The van der Waals surface area contributed by atoms with Crippen LogP contribution in [0.5, 0.6) is 0 Å². The van der Waals surface area contributed by atoms with Crippen LogP contribution < -0.4 is 16.4 Å². The Balaban J connectivity index is 2.29. The molecule has 2 rings (SSSR count). The molecule has 0 spiro atoms. The van der Waals surface area contributed by atoms with E-state index in [1.807, 2.05) is 5.32 Å². The molecule has 0 saturated heterocycles. The number of benzene rings is 2. The molecule has 8 nitrogen and oxygen atoms in total. The number of hydrogen-bond donors (Lipinski definition) is 4. The highest BCUT2D eigenvalue weighted by Crippen LogP contribution is 2.33. The number of carbonyl (C=O) groups excluding carboxylic acids is 2. The number of nitrogens with one attached hydrogen (secondary N) is 2. The van der Waals surface area contributed by atoms with Gasteiger partial charge in [0.05, 0.1) is 20.5 Å². The standard InChI is InChI=1S/C17H15ClF3N3O5S/c1-16(27,17(19,20)21)14(25)24-13-7-6-11(8-12(13)18)30(28,29)10-4-2-9(3-5-10)23-15(22)26/h2-8,27H,1H3,(H,24,25)(H3,22,23,26). The van der Waals surface area contributed by atoms with Crippen LogP contribution in [0.25, 0.3) is 0 Å². The number of carbonyl (C=O) groups is 2. The van der Waals surface area contributed by atoms with Crippen molar-refractivity contribution in [2.75, 3.05) is 10.6 Å². The Hall–Kier alpha value is -2.83. The van der Waals surface area contributed by atoms with E-state index in [1.165, 1.54) is 24.3 Å². The summed E-state index contributed by atoms with van der Waals surface area (Å²) in [7, 11) is -4.07. The van der Waals surface area contributed by atoms with E-state index in [0.29, 0.717) is 0 Å². The molecule has 30 heavy (non-hydrogen) atoms. The van der Waals surface area contributed by atoms with Gasteiger partial charge in [-0.05, 0) is 49.4 Å². The van der Waals surface area contributed by atoms with Crippen LogP contribution in [0.1, 0.15) is 6.92 Å². The van der Waals surface area contributed by atoms with Crippen molar-refractivity contribution in [1.82, 2.24) is 0 Å². The molecular formula is C17H15ClF3N3O5S. The molecule has 0 radical (unpaired) electrons. The zero-order chi connectivity index (χ0) is 22.9. The largest absolute Gasteiger partial charge is 0.426 e. The van der Waals surface area contributed by atoms with Crippen LogP contribution in [0, 0.1) is 0 Å². The smallest absolute Gasteiger partial charge is 0.373 e. The predicted octanol–water partition coefficient (Wildman–Crippen LogP) is 2.92. The number of urea groups is 1. The molecule has 0 heterocycles. The third-order valence-corrected chi connectivity index (χ3v) is 6.01. The highest BCUT2D eigenvalue weighted by Gasteiger charge is 2.55. The van der Waals surface area contributed by atoms with E-state index in [-0.39, 0.29) is 33.1 Å². The number of halogens is 4. The van der Waals surface area contributed by atoms with Gasteiger partial charge in [-0.15, -0.1) is 0 Å². The second kappa shape index (κ2) is 8.13. The molecule has 0 fully saturated rings. The average Bonchev–Trinajstić information content (AvgIpc) is 2.62. The minimum atomic E-state index is -5.23. The summed E-state index contributed by atoms with van der Waals surface area (Å²) >= 11 is 5.91. The van der Waals surface area contributed by atoms with Crippen LogP contribution >= 0.6 is 11.6 Å². The van der Waals surface area contributed by atoms with E-state index in [0.717, 1.165) is 18.2 Å². The number of hydrogen-bond acceptors (Lipinski definition) is 5. The van der Waals surface area contributed by atoms with Crippen LogP contribution in [-0.4, -0.2) is 37.2 Å². The third kappa shape index (κ3) is 4.83.